The zero-order valence-electron chi connectivity index (χ0n) is 13.3. The molecule has 21 heavy (non-hydrogen) atoms. The molecule has 2 amide bonds. The van der Waals surface area contributed by atoms with E-state index in [-0.39, 0.29) is 5.91 Å². The number of hydrogen-bond donors (Lipinski definition) is 1. The molecular weight excluding hydrogens is 276 g/mol. The number of nitrogens with zero attached hydrogens (tertiary/aromatic N) is 1. The molecule has 0 radical (unpaired) electrons. The minimum Gasteiger partial charge on any atom is -0.467 e. The number of carbonyl (C=O) groups excluding carboxylic acids is 3. The number of methoxy groups -OCH3 is 1. The van der Waals surface area contributed by atoms with E-state index in [2.05, 4.69) is 10.1 Å². The number of ether oxygens (including phenoxy) is 2. The lowest BCUT2D eigenvalue weighted by Crippen LogP contribution is -2.51. The van der Waals surface area contributed by atoms with Crippen LogP contribution in [-0.4, -0.2) is 54.2 Å². The molecule has 2 atom stereocenters. The highest BCUT2D eigenvalue weighted by molar-refractivity contribution is 5.89. The Morgan fingerprint density at radius 1 is 1.29 bits per heavy atom. The zero-order valence-corrected chi connectivity index (χ0v) is 13.3. The summed E-state index contributed by atoms with van der Waals surface area (Å²) in [5.41, 5.74) is -0.611. The van der Waals surface area contributed by atoms with Crippen LogP contribution in [0.2, 0.25) is 0 Å². The van der Waals surface area contributed by atoms with Gasteiger partial charge in [0, 0.05) is 6.54 Å². The van der Waals surface area contributed by atoms with Gasteiger partial charge in [-0.05, 0) is 40.5 Å². The van der Waals surface area contributed by atoms with E-state index in [1.165, 1.54) is 18.9 Å². The van der Waals surface area contributed by atoms with Gasteiger partial charge >= 0.3 is 12.1 Å². The van der Waals surface area contributed by atoms with Crippen LogP contribution in [0.4, 0.5) is 4.79 Å². The average Bonchev–Trinajstić information content (AvgIpc) is 2.84. The molecule has 0 bridgehead atoms. The molecule has 0 aliphatic carbocycles. The van der Waals surface area contributed by atoms with Crippen LogP contribution in [0.1, 0.15) is 40.5 Å². The van der Waals surface area contributed by atoms with Crippen molar-refractivity contribution in [1.29, 1.82) is 0 Å². The van der Waals surface area contributed by atoms with E-state index >= 15 is 0 Å². The van der Waals surface area contributed by atoms with Crippen LogP contribution in [0.3, 0.4) is 0 Å². The molecule has 2 unspecified atom stereocenters. The number of esters is 1. The van der Waals surface area contributed by atoms with Gasteiger partial charge in [-0.3, -0.25) is 9.69 Å². The van der Waals surface area contributed by atoms with Crippen LogP contribution in [0.5, 0.6) is 0 Å². The number of nitrogens with one attached hydrogen (secondary N) is 1. The van der Waals surface area contributed by atoms with E-state index in [1.807, 2.05) is 0 Å². The van der Waals surface area contributed by atoms with Gasteiger partial charge in [-0.2, -0.15) is 0 Å². The van der Waals surface area contributed by atoms with Crippen LogP contribution in [0.25, 0.3) is 0 Å². The lowest BCUT2D eigenvalue weighted by molar-refractivity contribution is -0.145. The molecule has 1 N–H and O–H groups in total. The summed E-state index contributed by atoms with van der Waals surface area (Å²) in [6.45, 7) is 7.33. The molecule has 1 rings (SSSR count). The van der Waals surface area contributed by atoms with Gasteiger partial charge in [0.25, 0.3) is 0 Å². The molecule has 0 aromatic rings. The minimum atomic E-state index is -0.747. The van der Waals surface area contributed by atoms with E-state index in [0.29, 0.717) is 13.0 Å². The van der Waals surface area contributed by atoms with Crippen LogP contribution < -0.4 is 5.32 Å². The van der Waals surface area contributed by atoms with E-state index in [4.69, 9.17) is 4.74 Å². The third kappa shape index (κ3) is 4.91. The Morgan fingerprint density at radius 2 is 1.90 bits per heavy atom. The highest BCUT2D eigenvalue weighted by Gasteiger charge is 2.37. The van der Waals surface area contributed by atoms with Gasteiger partial charge in [-0.15, -0.1) is 0 Å². The van der Waals surface area contributed by atoms with E-state index in [9.17, 15) is 14.4 Å². The Balaban J connectivity index is 2.66. The summed E-state index contributed by atoms with van der Waals surface area (Å²) in [5.74, 6) is -0.888. The van der Waals surface area contributed by atoms with Crippen molar-refractivity contribution in [2.45, 2.75) is 58.2 Å². The Bertz CT molecular complexity index is 416. The summed E-state index contributed by atoms with van der Waals surface area (Å²) >= 11 is 0. The second kappa shape index (κ2) is 6.78. The highest BCUT2D eigenvalue weighted by Crippen LogP contribution is 2.21. The summed E-state index contributed by atoms with van der Waals surface area (Å²) < 4.78 is 9.85. The van der Waals surface area contributed by atoms with Crippen molar-refractivity contribution in [3.05, 3.63) is 0 Å². The van der Waals surface area contributed by atoms with Gasteiger partial charge in [0.15, 0.2) is 0 Å². The van der Waals surface area contributed by atoms with Crippen molar-refractivity contribution >= 4 is 18.0 Å². The second-order valence-electron chi connectivity index (χ2n) is 6.09. The van der Waals surface area contributed by atoms with Crippen LogP contribution in [0, 0.1) is 0 Å². The lowest BCUT2D eigenvalue weighted by Gasteiger charge is -2.28. The quantitative estimate of drug-likeness (QED) is 0.788. The molecular formula is C14H24N2O5. The molecule has 7 heteroatoms. The van der Waals surface area contributed by atoms with Crippen molar-refractivity contribution in [2.24, 2.45) is 0 Å². The van der Waals surface area contributed by atoms with Crippen LogP contribution in [0.15, 0.2) is 0 Å². The van der Waals surface area contributed by atoms with Gasteiger partial charge < -0.3 is 14.8 Å². The van der Waals surface area contributed by atoms with Gasteiger partial charge in [0.1, 0.15) is 17.7 Å². The molecule has 1 fully saturated rings. The number of likely N-dealkylation sites (tertiary alicyclic amines) is 1. The van der Waals surface area contributed by atoms with Crippen molar-refractivity contribution in [1.82, 2.24) is 10.2 Å². The van der Waals surface area contributed by atoms with Gasteiger partial charge in [-0.1, -0.05) is 0 Å². The Labute approximate surface area is 124 Å². The highest BCUT2D eigenvalue weighted by atomic mass is 16.6. The van der Waals surface area contributed by atoms with Crippen molar-refractivity contribution < 1.29 is 23.9 Å². The summed E-state index contributed by atoms with van der Waals surface area (Å²) in [4.78, 5) is 37.0. The molecule has 7 nitrogen and oxygen atoms in total. The second-order valence-corrected chi connectivity index (χ2v) is 6.09. The monoisotopic (exact) mass is 300 g/mol. The van der Waals surface area contributed by atoms with Crippen LogP contribution >= 0.6 is 0 Å². The third-order valence-electron chi connectivity index (χ3n) is 3.10. The maximum absolute atomic E-state index is 12.2. The van der Waals surface area contributed by atoms with E-state index in [0.717, 1.165) is 6.42 Å². The SMILES string of the molecule is COC(=O)C(C)NC(=O)C1CCCN1C(=O)OC(C)(C)C. The minimum absolute atomic E-state index is 0.365. The first-order chi connectivity index (χ1) is 9.65. The summed E-state index contributed by atoms with van der Waals surface area (Å²) in [6, 6.07) is -1.35. The summed E-state index contributed by atoms with van der Waals surface area (Å²) in [7, 11) is 1.26. The summed E-state index contributed by atoms with van der Waals surface area (Å²) in [5, 5.41) is 2.56. The van der Waals surface area contributed by atoms with Crippen molar-refractivity contribution in [3.63, 3.8) is 0 Å². The van der Waals surface area contributed by atoms with Gasteiger partial charge in [0.2, 0.25) is 5.91 Å². The van der Waals surface area contributed by atoms with E-state index < -0.39 is 29.7 Å². The first-order valence-corrected chi connectivity index (χ1v) is 7.03. The Morgan fingerprint density at radius 3 is 2.43 bits per heavy atom. The maximum atomic E-state index is 12.2. The van der Waals surface area contributed by atoms with Gasteiger partial charge in [0.05, 0.1) is 7.11 Å². The fourth-order valence-electron chi connectivity index (χ4n) is 2.12. The van der Waals surface area contributed by atoms with Crippen molar-refractivity contribution in [3.8, 4) is 0 Å². The topological polar surface area (TPSA) is 84.9 Å². The number of hydrogen-bond acceptors (Lipinski definition) is 5. The average molecular weight is 300 g/mol. The summed E-state index contributed by atoms with van der Waals surface area (Å²) in [6.07, 6.45) is 0.772. The van der Waals surface area contributed by atoms with Gasteiger partial charge in [-0.25, -0.2) is 9.59 Å². The third-order valence-corrected chi connectivity index (χ3v) is 3.10. The standard InChI is InChI=1S/C14H24N2O5/c1-9(12(18)20-5)15-11(17)10-7-6-8-16(10)13(19)21-14(2,3)4/h9-10H,6-8H2,1-5H3,(H,15,17). The predicted molar refractivity (Wildman–Crippen MR) is 75.6 cm³/mol. The van der Waals surface area contributed by atoms with E-state index in [1.54, 1.807) is 20.8 Å². The Hall–Kier alpha value is -1.79. The molecule has 120 valence electrons. The number of amides is 2. The first kappa shape index (κ1) is 17.3. The first-order valence-electron chi connectivity index (χ1n) is 7.03. The Kier molecular flexibility index (Phi) is 5.57. The normalized spacial score (nSPS) is 19.9. The number of carbonyl (C=O) groups is 3. The number of rotatable bonds is 3. The lowest BCUT2D eigenvalue weighted by atomic mass is 10.2. The maximum Gasteiger partial charge on any atom is 0.410 e. The molecule has 1 aliphatic rings. The molecule has 0 spiro atoms. The molecule has 0 aromatic carbocycles. The fourth-order valence-corrected chi connectivity index (χ4v) is 2.12. The molecule has 0 saturated carbocycles. The molecule has 1 aliphatic heterocycles. The van der Waals surface area contributed by atoms with Crippen LogP contribution in [-0.2, 0) is 19.1 Å². The largest absolute Gasteiger partial charge is 0.467 e. The molecule has 1 saturated heterocycles. The predicted octanol–water partition coefficient (Wildman–Crippen LogP) is 1.06. The fraction of sp³-hybridized carbons (Fsp3) is 0.786. The zero-order chi connectivity index (χ0) is 16.2. The smallest absolute Gasteiger partial charge is 0.410 e. The molecule has 0 aromatic heterocycles. The van der Waals surface area contributed by atoms with Crippen molar-refractivity contribution in [2.75, 3.05) is 13.7 Å². The molecule has 1 heterocycles.